The fourth-order valence-corrected chi connectivity index (χ4v) is 5.20. The second-order valence-corrected chi connectivity index (χ2v) is 9.14. The minimum atomic E-state index is -0.399. The van der Waals surface area contributed by atoms with Crippen molar-refractivity contribution in [3.05, 3.63) is 68.9 Å². The van der Waals surface area contributed by atoms with Crippen LogP contribution in [-0.4, -0.2) is 20.5 Å². The van der Waals surface area contributed by atoms with Gasteiger partial charge in [0.15, 0.2) is 0 Å². The highest BCUT2D eigenvalue weighted by atomic mass is 32.1. The quantitative estimate of drug-likeness (QED) is 0.405. The summed E-state index contributed by atoms with van der Waals surface area (Å²) in [6.45, 7) is 2.28. The topological polar surface area (TPSA) is 87.2 Å². The van der Waals surface area contributed by atoms with Gasteiger partial charge in [0.1, 0.15) is 23.4 Å². The maximum Gasteiger partial charge on any atom is 0.307 e. The molecule has 0 bridgehead atoms. The zero-order chi connectivity index (χ0) is 22.1. The second-order valence-electron chi connectivity index (χ2n) is 8.05. The first-order valence-corrected chi connectivity index (χ1v) is 11.6. The number of rotatable bonds is 6. The molecule has 8 heteroatoms. The van der Waals surface area contributed by atoms with E-state index in [0.717, 1.165) is 52.6 Å². The Hall–Kier alpha value is -3.26. The minimum absolute atomic E-state index is 0.0262. The van der Waals surface area contributed by atoms with Crippen LogP contribution in [0.25, 0.3) is 21.7 Å². The van der Waals surface area contributed by atoms with E-state index < -0.39 is 5.97 Å². The number of ether oxygens (including phenoxy) is 1. The Balaban J connectivity index is 1.20. The monoisotopic (exact) mass is 449 g/mol. The number of aryl methyl sites for hydroxylation is 4. The summed E-state index contributed by atoms with van der Waals surface area (Å²) < 4.78 is 12.3. The molecular weight excluding hydrogens is 426 g/mol. The summed E-state index contributed by atoms with van der Waals surface area (Å²) in [4.78, 5) is 36.1. The molecule has 7 nitrogen and oxygen atoms in total. The Morgan fingerprint density at radius 2 is 2.03 bits per heavy atom. The van der Waals surface area contributed by atoms with Gasteiger partial charge in [-0.05, 0) is 50.3 Å². The molecule has 0 radical (unpaired) electrons. The molecule has 3 aromatic heterocycles. The lowest BCUT2D eigenvalue weighted by atomic mass is 9.97. The summed E-state index contributed by atoms with van der Waals surface area (Å²) in [7, 11) is 0. The number of benzene rings is 1. The zero-order valence-electron chi connectivity index (χ0n) is 17.8. The number of aromatic nitrogens is 3. The normalized spacial score (nSPS) is 13.3. The minimum Gasteiger partial charge on any atom is -0.459 e. The summed E-state index contributed by atoms with van der Waals surface area (Å²) >= 11 is 1.62. The number of carbonyl (C=O) groups excluding carboxylic acids is 1. The van der Waals surface area contributed by atoms with Gasteiger partial charge >= 0.3 is 5.97 Å². The fraction of sp³-hybridized carbons (Fsp3) is 0.333. The van der Waals surface area contributed by atoms with E-state index in [2.05, 4.69) is 9.97 Å². The van der Waals surface area contributed by atoms with Crippen LogP contribution in [0.4, 0.5) is 0 Å². The van der Waals surface area contributed by atoms with Gasteiger partial charge in [-0.2, -0.15) is 0 Å². The number of thiophene rings is 1. The van der Waals surface area contributed by atoms with Crippen molar-refractivity contribution < 1.29 is 13.9 Å². The van der Waals surface area contributed by atoms with Crippen molar-refractivity contribution in [2.45, 2.75) is 52.2 Å². The first-order chi connectivity index (χ1) is 15.6. The van der Waals surface area contributed by atoms with E-state index in [0.29, 0.717) is 11.6 Å². The molecule has 0 fully saturated rings. The van der Waals surface area contributed by atoms with Gasteiger partial charge in [-0.3, -0.25) is 14.2 Å². The average Bonchev–Trinajstić information content (AvgIpc) is 3.43. The fourth-order valence-electron chi connectivity index (χ4n) is 3.98. The van der Waals surface area contributed by atoms with Crippen LogP contribution in [0.1, 0.15) is 41.0 Å². The predicted octanol–water partition coefficient (Wildman–Crippen LogP) is 4.43. The van der Waals surface area contributed by atoms with Crippen LogP contribution >= 0.6 is 11.3 Å². The third kappa shape index (κ3) is 4.10. The van der Waals surface area contributed by atoms with Gasteiger partial charge in [0.05, 0.1) is 18.1 Å². The molecule has 0 saturated carbocycles. The van der Waals surface area contributed by atoms with Gasteiger partial charge in [0, 0.05) is 17.0 Å². The number of oxazole rings is 1. The predicted molar refractivity (Wildman–Crippen MR) is 122 cm³/mol. The lowest BCUT2D eigenvalue weighted by molar-refractivity contribution is -0.145. The maximum atomic E-state index is 13.0. The first-order valence-electron chi connectivity index (χ1n) is 10.8. The van der Waals surface area contributed by atoms with Crippen LogP contribution in [0.3, 0.4) is 0 Å². The van der Waals surface area contributed by atoms with Gasteiger partial charge in [-0.1, -0.05) is 17.7 Å². The number of nitrogens with zero attached hydrogens (tertiary/aromatic N) is 3. The van der Waals surface area contributed by atoms with E-state index in [1.165, 1.54) is 22.0 Å². The van der Waals surface area contributed by atoms with Crippen LogP contribution in [0, 0.1) is 6.92 Å². The molecule has 3 heterocycles. The molecular formula is C24H23N3O4S. The molecule has 164 valence electrons. The van der Waals surface area contributed by atoms with E-state index in [1.54, 1.807) is 11.3 Å². The smallest absolute Gasteiger partial charge is 0.307 e. The van der Waals surface area contributed by atoms with Crippen LogP contribution in [0.15, 0.2) is 46.1 Å². The van der Waals surface area contributed by atoms with Crippen molar-refractivity contribution in [1.82, 2.24) is 14.5 Å². The van der Waals surface area contributed by atoms with Crippen molar-refractivity contribution in [3.63, 3.8) is 0 Å². The Bertz CT molecular complexity index is 1330. The highest BCUT2D eigenvalue weighted by molar-refractivity contribution is 7.18. The molecule has 1 aliphatic carbocycles. The number of hydrogen-bond acceptors (Lipinski definition) is 7. The molecule has 5 rings (SSSR count). The van der Waals surface area contributed by atoms with Crippen molar-refractivity contribution in [3.8, 4) is 11.5 Å². The molecule has 0 aliphatic heterocycles. The lowest BCUT2D eigenvalue weighted by Crippen LogP contribution is -2.23. The van der Waals surface area contributed by atoms with Crippen LogP contribution in [-0.2, 0) is 35.5 Å². The van der Waals surface area contributed by atoms with Gasteiger partial charge in [0.2, 0.25) is 5.89 Å². The molecule has 32 heavy (non-hydrogen) atoms. The molecule has 0 atom stereocenters. The third-order valence-electron chi connectivity index (χ3n) is 5.73. The number of hydrogen-bond donors (Lipinski definition) is 0. The summed E-state index contributed by atoms with van der Waals surface area (Å²) in [6.07, 6.45) is 7.33. The highest BCUT2D eigenvalue weighted by Gasteiger charge is 2.20. The number of fused-ring (bicyclic) bond motifs is 3. The molecule has 0 N–H and O–H groups in total. The summed E-state index contributed by atoms with van der Waals surface area (Å²) in [5.74, 6) is 0.0882. The van der Waals surface area contributed by atoms with E-state index in [9.17, 15) is 9.59 Å². The molecule has 0 unspecified atom stereocenters. The van der Waals surface area contributed by atoms with Crippen molar-refractivity contribution in [2.24, 2.45) is 0 Å². The molecule has 4 aromatic rings. The highest BCUT2D eigenvalue weighted by Crippen LogP contribution is 2.33. The standard InChI is InChI=1S/C24H23N3O4S/c1-15-6-8-16(9-7-15)22-26-17(13-31-22)12-30-20(28)10-11-27-14-25-23-21(24(27)29)18-4-2-3-5-19(18)32-23/h6-9,13-14H,2-5,10-12H2,1H3. The van der Waals surface area contributed by atoms with Gasteiger partial charge in [-0.15, -0.1) is 11.3 Å². The van der Waals surface area contributed by atoms with E-state index in [4.69, 9.17) is 9.15 Å². The summed E-state index contributed by atoms with van der Waals surface area (Å²) in [6, 6.07) is 7.84. The van der Waals surface area contributed by atoms with E-state index >= 15 is 0 Å². The Morgan fingerprint density at radius 1 is 1.22 bits per heavy atom. The molecule has 0 spiro atoms. The van der Waals surface area contributed by atoms with Crippen LogP contribution in [0.5, 0.6) is 0 Å². The Labute approximate surface area is 188 Å². The number of esters is 1. The SMILES string of the molecule is Cc1ccc(-c2nc(COC(=O)CCn3cnc4sc5c(c4c3=O)CCCC5)co2)cc1. The zero-order valence-corrected chi connectivity index (χ0v) is 18.6. The molecule has 1 aromatic carbocycles. The first kappa shape index (κ1) is 20.6. The van der Waals surface area contributed by atoms with Crippen molar-refractivity contribution >= 4 is 27.5 Å². The van der Waals surface area contributed by atoms with E-state index in [1.807, 2.05) is 31.2 Å². The van der Waals surface area contributed by atoms with Gasteiger partial charge in [0.25, 0.3) is 5.56 Å². The second kappa shape index (κ2) is 8.70. The van der Waals surface area contributed by atoms with Crippen molar-refractivity contribution in [1.29, 1.82) is 0 Å². The van der Waals surface area contributed by atoms with Crippen molar-refractivity contribution in [2.75, 3.05) is 0 Å². The van der Waals surface area contributed by atoms with E-state index in [-0.39, 0.29) is 25.1 Å². The van der Waals surface area contributed by atoms with Gasteiger partial charge in [-0.25, -0.2) is 9.97 Å². The van der Waals surface area contributed by atoms with Gasteiger partial charge < -0.3 is 9.15 Å². The largest absolute Gasteiger partial charge is 0.459 e. The maximum absolute atomic E-state index is 13.0. The number of carbonyl (C=O) groups is 1. The lowest BCUT2D eigenvalue weighted by Gasteiger charge is -2.10. The Kier molecular flexibility index (Phi) is 5.61. The van der Waals surface area contributed by atoms with Crippen LogP contribution < -0.4 is 5.56 Å². The summed E-state index contributed by atoms with van der Waals surface area (Å²) in [5.41, 5.74) is 3.65. The third-order valence-corrected chi connectivity index (χ3v) is 6.93. The van der Waals surface area contributed by atoms with Crippen LogP contribution in [0.2, 0.25) is 0 Å². The average molecular weight is 450 g/mol. The molecule has 0 amide bonds. The molecule has 1 aliphatic rings. The molecule has 0 saturated heterocycles. The summed E-state index contributed by atoms with van der Waals surface area (Å²) in [5, 5.41) is 0.729. The Morgan fingerprint density at radius 3 is 2.88 bits per heavy atom.